The fourth-order valence-electron chi connectivity index (χ4n) is 2.72. The predicted molar refractivity (Wildman–Crippen MR) is 87.2 cm³/mol. The van der Waals surface area contributed by atoms with Crippen LogP contribution >= 0.6 is 0 Å². The van der Waals surface area contributed by atoms with E-state index in [-0.39, 0.29) is 12.2 Å². The summed E-state index contributed by atoms with van der Waals surface area (Å²) in [5, 5.41) is 3.32. The van der Waals surface area contributed by atoms with Gasteiger partial charge in [-0.2, -0.15) is 0 Å². The summed E-state index contributed by atoms with van der Waals surface area (Å²) in [7, 11) is 1.99. The van der Waals surface area contributed by atoms with E-state index >= 15 is 0 Å². The van der Waals surface area contributed by atoms with E-state index in [0.29, 0.717) is 12.0 Å². The molecular formula is C18H29NO2. The molecular weight excluding hydrogens is 262 g/mol. The van der Waals surface area contributed by atoms with Crippen LogP contribution in [0.1, 0.15) is 50.7 Å². The maximum atomic E-state index is 6.25. The van der Waals surface area contributed by atoms with Crippen molar-refractivity contribution in [1.82, 2.24) is 5.32 Å². The smallest absolute Gasteiger partial charge is 0.128 e. The van der Waals surface area contributed by atoms with E-state index in [1.165, 1.54) is 11.1 Å². The molecule has 0 spiro atoms. The normalized spacial score (nSPS) is 25.0. The monoisotopic (exact) mass is 291 g/mol. The summed E-state index contributed by atoms with van der Waals surface area (Å²) >= 11 is 0. The molecule has 118 valence electrons. The Hall–Kier alpha value is -1.06. The number of hydrogen-bond donors (Lipinski definition) is 1. The molecule has 3 atom stereocenters. The Morgan fingerprint density at radius 1 is 1.33 bits per heavy atom. The first-order valence-electron chi connectivity index (χ1n) is 8.12. The first-order chi connectivity index (χ1) is 10.1. The summed E-state index contributed by atoms with van der Waals surface area (Å²) in [5.41, 5.74) is 2.52. The minimum absolute atomic E-state index is 0.162. The molecule has 3 unspecified atom stereocenters. The Bertz CT molecular complexity index is 459. The van der Waals surface area contributed by atoms with Gasteiger partial charge in [0.1, 0.15) is 18.0 Å². The van der Waals surface area contributed by atoms with Gasteiger partial charge in [-0.25, -0.2) is 0 Å². The highest BCUT2D eigenvalue weighted by Gasteiger charge is 2.43. The standard InChI is InChI=1S/C18H29NO2/c1-6-9-20-18-15(19-5)11-17(18)21-16-10-14(12(2)3)8-7-13(16)4/h7-8,10,12,15,17-19H,6,9,11H2,1-5H3. The number of likely N-dealkylation sites (N-methyl/N-ethyl adjacent to an activating group) is 1. The summed E-state index contributed by atoms with van der Waals surface area (Å²) in [6, 6.07) is 6.94. The number of benzene rings is 1. The third-order valence-corrected chi connectivity index (χ3v) is 4.29. The zero-order chi connectivity index (χ0) is 15.4. The Morgan fingerprint density at radius 3 is 2.71 bits per heavy atom. The molecule has 1 aliphatic carbocycles. The quantitative estimate of drug-likeness (QED) is 0.832. The van der Waals surface area contributed by atoms with Gasteiger partial charge >= 0.3 is 0 Å². The van der Waals surface area contributed by atoms with Crippen LogP contribution in [0.4, 0.5) is 0 Å². The maximum absolute atomic E-state index is 6.25. The van der Waals surface area contributed by atoms with Gasteiger partial charge in [-0.1, -0.05) is 32.9 Å². The molecule has 1 aliphatic rings. The van der Waals surface area contributed by atoms with Crippen LogP contribution in [0.15, 0.2) is 18.2 Å². The third kappa shape index (κ3) is 3.78. The highest BCUT2D eigenvalue weighted by Crippen LogP contribution is 2.32. The fourth-order valence-corrected chi connectivity index (χ4v) is 2.72. The summed E-state index contributed by atoms with van der Waals surface area (Å²) in [4.78, 5) is 0. The zero-order valence-electron chi connectivity index (χ0n) is 14.0. The summed E-state index contributed by atoms with van der Waals surface area (Å²) in [5.74, 6) is 1.53. The predicted octanol–water partition coefficient (Wildman–Crippen LogP) is 3.65. The molecule has 3 nitrogen and oxygen atoms in total. The van der Waals surface area contributed by atoms with Crippen molar-refractivity contribution in [3.63, 3.8) is 0 Å². The number of nitrogens with one attached hydrogen (secondary N) is 1. The maximum Gasteiger partial charge on any atom is 0.128 e. The molecule has 0 heterocycles. The third-order valence-electron chi connectivity index (χ3n) is 4.29. The van der Waals surface area contributed by atoms with Crippen LogP contribution in [-0.2, 0) is 4.74 Å². The molecule has 21 heavy (non-hydrogen) atoms. The van der Waals surface area contributed by atoms with Crippen LogP contribution < -0.4 is 10.1 Å². The Kier molecular flexibility index (Phi) is 5.65. The minimum Gasteiger partial charge on any atom is -0.487 e. The Morgan fingerprint density at radius 2 is 2.10 bits per heavy atom. The van der Waals surface area contributed by atoms with E-state index in [1.807, 2.05) is 7.05 Å². The lowest BCUT2D eigenvalue weighted by molar-refractivity contribution is -0.106. The van der Waals surface area contributed by atoms with E-state index in [0.717, 1.165) is 25.2 Å². The lowest BCUT2D eigenvalue weighted by Gasteiger charge is -2.44. The van der Waals surface area contributed by atoms with E-state index < -0.39 is 0 Å². The molecule has 0 amide bonds. The molecule has 3 heteroatoms. The second-order valence-electron chi connectivity index (χ2n) is 6.30. The molecule has 0 aliphatic heterocycles. The van der Waals surface area contributed by atoms with Crippen molar-refractivity contribution in [3.8, 4) is 5.75 Å². The van der Waals surface area contributed by atoms with Gasteiger partial charge in [0.25, 0.3) is 0 Å². The first-order valence-corrected chi connectivity index (χ1v) is 8.12. The topological polar surface area (TPSA) is 30.5 Å². The van der Waals surface area contributed by atoms with Gasteiger partial charge in [0, 0.05) is 19.1 Å². The van der Waals surface area contributed by atoms with Gasteiger partial charge in [0.15, 0.2) is 0 Å². The number of hydrogen-bond acceptors (Lipinski definition) is 3. The van der Waals surface area contributed by atoms with Gasteiger partial charge in [-0.15, -0.1) is 0 Å². The molecule has 1 saturated carbocycles. The molecule has 0 saturated heterocycles. The lowest BCUT2D eigenvalue weighted by atomic mass is 9.85. The molecule has 1 N–H and O–H groups in total. The molecule has 1 aromatic rings. The van der Waals surface area contributed by atoms with E-state index in [1.54, 1.807) is 0 Å². The van der Waals surface area contributed by atoms with Gasteiger partial charge in [-0.3, -0.25) is 0 Å². The van der Waals surface area contributed by atoms with Crippen LogP contribution in [0.5, 0.6) is 5.75 Å². The number of rotatable bonds is 7. The lowest BCUT2D eigenvalue weighted by Crippen LogP contribution is -2.60. The van der Waals surface area contributed by atoms with Crippen molar-refractivity contribution in [3.05, 3.63) is 29.3 Å². The Labute approximate surface area is 129 Å². The second-order valence-corrected chi connectivity index (χ2v) is 6.30. The SMILES string of the molecule is CCCOC1C(NC)CC1Oc1cc(C(C)C)ccc1C. The molecule has 0 bridgehead atoms. The summed E-state index contributed by atoms with van der Waals surface area (Å²) < 4.78 is 12.2. The molecule has 0 radical (unpaired) electrons. The van der Waals surface area contributed by atoms with Gasteiger partial charge in [0.2, 0.25) is 0 Å². The van der Waals surface area contributed by atoms with Crippen LogP contribution in [0, 0.1) is 6.92 Å². The number of ether oxygens (including phenoxy) is 2. The van der Waals surface area contributed by atoms with Crippen molar-refractivity contribution >= 4 is 0 Å². The van der Waals surface area contributed by atoms with Gasteiger partial charge < -0.3 is 14.8 Å². The molecule has 0 aromatic heterocycles. The average Bonchev–Trinajstić information content (AvgIpc) is 2.44. The highest BCUT2D eigenvalue weighted by molar-refractivity contribution is 5.38. The largest absolute Gasteiger partial charge is 0.487 e. The van der Waals surface area contributed by atoms with Crippen molar-refractivity contribution in [2.24, 2.45) is 0 Å². The molecule has 1 aromatic carbocycles. The summed E-state index contributed by atoms with van der Waals surface area (Å²) in [6.07, 6.45) is 2.38. The van der Waals surface area contributed by atoms with Crippen molar-refractivity contribution in [2.75, 3.05) is 13.7 Å². The van der Waals surface area contributed by atoms with Crippen molar-refractivity contribution in [2.45, 2.75) is 64.7 Å². The number of aryl methyl sites for hydroxylation is 1. The van der Waals surface area contributed by atoms with Crippen molar-refractivity contribution in [1.29, 1.82) is 0 Å². The van der Waals surface area contributed by atoms with Crippen LogP contribution in [0.2, 0.25) is 0 Å². The Balaban J connectivity index is 2.05. The molecule has 2 rings (SSSR count). The van der Waals surface area contributed by atoms with Crippen LogP contribution in [-0.4, -0.2) is 31.9 Å². The fraction of sp³-hybridized carbons (Fsp3) is 0.667. The first kappa shape index (κ1) is 16.3. The van der Waals surface area contributed by atoms with Crippen molar-refractivity contribution < 1.29 is 9.47 Å². The zero-order valence-corrected chi connectivity index (χ0v) is 14.0. The highest BCUT2D eigenvalue weighted by atomic mass is 16.5. The average molecular weight is 291 g/mol. The van der Waals surface area contributed by atoms with E-state index in [9.17, 15) is 0 Å². The van der Waals surface area contributed by atoms with E-state index in [2.05, 4.69) is 51.2 Å². The second kappa shape index (κ2) is 7.28. The molecule has 1 fully saturated rings. The minimum atomic E-state index is 0.162. The van der Waals surface area contributed by atoms with Gasteiger partial charge in [-0.05, 0) is 43.5 Å². The van der Waals surface area contributed by atoms with Crippen LogP contribution in [0.25, 0.3) is 0 Å². The van der Waals surface area contributed by atoms with Crippen LogP contribution in [0.3, 0.4) is 0 Å². The van der Waals surface area contributed by atoms with E-state index in [4.69, 9.17) is 9.47 Å². The van der Waals surface area contributed by atoms with Gasteiger partial charge in [0.05, 0.1) is 0 Å². The summed E-state index contributed by atoms with van der Waals surface area (Å²) in [6.45, 7) is 9.46.